The number of nitrogens with zero attached hydrogens (tertiary/aromatic N) is 1. The Balaban J connectivity index is 2.05. The minimum atomic E-state index is -1.12. The summed E-state index contributed by atoms with van der Waals surface area (Å²) in [4.78, 5) is 31.5. The summed E-state index contributed by atoms with van der Waals surface area (Å²) in [6.45, 7) is 1.80. The van der Waals surface area contributed by atoms with Crippen LogP contribution in [0, 0.1) is 11.6 Å². The number of nitrogens with one attached hydrogen (secondary N) is 2. The Morgan fingerprint density at radius 1 is 1.30 bits per heavy atom. The maximum atomic E-state index is 14.8. The van der Waals surface area contributed by atoms with Crippen molar-refractivity contribution in [3.63, 3.8) is 0 Å². The molecule has 0 atom stereocenters. The van der Waals surface area contributed by atoms with Crippen LogP contribution in [-0.2, 0) is 4.79 Å². The molecule has 27 heavy (non-hydrogen) atoms. The highest BCUT2D eigenvalue weighted by atomic mass is 19.1. The van der Waals surface area contributed by atoms with Crippen molar-refractivity contribution in [2.45, 2.75) is 19.8 Å². The third kappa shape index (κ3) is 3.51. The Hall–Kier alpha value is -3.29. The number of halogens is 2. The van der Waals surface area contributed by atoms with E-state index in [-0.39, 0.29) is 17.7 Å². The molecule has 0 unspecified atom stereocenters. The summed E-state index contributed by atoms with van der Waals surface area (Å²) in [5.41, 5.74) is -0.555. The first-order chi connectivity index (χ1) is 13.0. The second kappa shape index (κ2) is 7.53. The van der Waals surface area contributed by atoms with Gasteiger partial charge in [0.25, 0.3) is 0 Å². The number of carbonyl (C=O) groups is 2. The van der Waals surface area contributed by atoms with E-state index in [9.17, 15) is 18.4 Å². The predicted octanol–water partition coefficient (Wildman–Crippen LogP) is 3.82. The van der Waals surface area contributed by atoms with E-state index in [0.717, 1.165) is 12.1 Å². The van der Waals surface area contributed by atoms with Gasteiger partial charge < -0.3 is 15.0 Å². The molecule has 2 aromatic heterocycles. The quantitative estimate of drug-likeness (QED) is 0.644. The topological polar surface area (TPSA) is 84.1 Å². The van der Waals surface area contributed by atoms with Gasteiger partial charge in [0.05, 0.1) is 24.6 Å². The lowest BCUT2D eigenvalue weighted by Gasteiger charge is -2.10. The van der Waals surface area contributed by atoms with Gasteiger partial charge in [0.1, 0.15) is 17.2 Å². The maximum absolute atomic E-state index is 14.8. The van der Waals surface area contributed by atoms with Crippen molar-refractivity contribution < 1.29 is 23.1 Å². The van der Waals surface area contributed by atoms with Gasteiger partial charge >= 0.3 is 0 Å². The molecule has 0 saturated carbocycles. The van der Waals surface area contributed by atoms with Crippen molar-refractivity contribution >= 4 is 28.4 Å². The minimum absolute atomic E-state index is 0.0474. The van der Waals surface area contributed by atoms with Crippen molar-refractivity contribution in [3.8, 4) is 5.75 Å². The van der Waals surface area contributed by atoms with Gasteiger partial charge in [0.2, 0.25) is 11.7 Å². The average molecular weight is 373 g/mol. The average Bonchev–Trinajstić information content (AvgIpc) is 3.07. The lowest BCUT2D eigenvalue weighted by molar-refractivity contribution is -0.116. The minimum Gasteiger partial charge on any atom is -0.495 e. The molecule has 0 radical (unpaired) electrons. The highest BCUT2D eigenvalue weighted by molar-refractivity contribution is 6.16. The molecule has 0 aliphatic carbocycles. The van der Waals surface area contributed by atoms with Crippen molar-refractivity contribution in [1.29, 1.82) is 0 Å². The number of aromatic nitrogens is 2. The van der Waals surface area contributed by atoms with Crippen molar-refractivity contribution in [1.82, 2.24) is 9.97 Å². The summed E-state index contributed by atoms with van der Waals surface area (Å²) >= 11 is 0. The van der Waals surface area contributed by atoms with Gasteiger partial charge in [-0.15, -0.1) is 0 Å². The molecule has 0 saturated heterocycles. The number of fused-ring (bicyclic) bond motifs is 1. The molecule has 0 aliphatic rings. The van der Waals surface area contributed by atoms with Crippen molar-refractivity contribution in [2.24, 2.45) is 0 Å². The standard InChI is InChI=1S/C19H17F2N3O3/c1-3-4-15(25)24-14-6-5-13(20)16(17(14)21)18(26)12-9-23-19-11(12)7-10(27-2)8-22-19/h5-9H,3-4H2,1-2H3,(H,22,23)(H,24,25). The van der Waals surface area contributed by atoms with Crippen LogP contribution in [0.25, 0.3) is 11.0 Å². The Morgan fingerprint density at radius 3 is 2.78 bits per heavy atom. The zero-order valence-electron chi connectivity index (χ0n) is 14.7. The molecule has 3 aromatic rings. The first kappa shape index (κ1) is 18.5. The number of hydrogen-bond donors (Lipinski definition) is 2. The van der Waals surface area contributed by atoms with E-state index in [4.69, 9.17) is 4.74 Å². The highest BCUT2D eigenvalue weighted by Crippen LogP contribution is 2.28. The van der Waals surface area contributed by atoms with Crippen molar-refractivity contribution in [2.75, 3.05) is 12.4 Å². The number of rotatable bonds is 6. The number of anilines is 1. The monoisotopic (exact) mass is 373 g/mol. The number of H-pyrrole nitrogens is 1. The fourth-order valence-electron chi connectivity index (χ4n) is 2.72. The molecule has 0 spiro atoms. The molecule has 0 aliphatic heterocycles. The Labute approximate surface area is 153 Å². The number of pyridine rings is 1. The summed E-state index contributed by atoms with van der Waals surface area (Å²) < 4.78 is 34.2. The number of ketones is 1. The molecular formula is C19H17F2N3O3. The third-order valence-corrected chi connectivity index (χ3v) is 4.06. The van der Waals surface area contributed by atoms with Gasteiger partial charge in [0.15, 0.2) is 5.82 Å². The van der Waals surface area contributed by atoms with Crippen LogP contribution in [0.5, 0.6) is 5.75 Å². The van der Waals surface area contributed by atoms with Crippen LogP contribution >= 0.6 is 0 Å². The lowest BCUT2D eigenvalue weighted by Crippen LogP contribution is -2.15. The van der Waals surface area contributed by atoms with Crippen LogP contribution in [0.15, 0.2) is 30.6 Å². The van der Waals surface area contributed by atoms with Crippen LogP contribution in [0.2, 0.25) is 0 Å². The van der Waals surface area contributed by atoms with Crippen molar-refractivity contribution in [3.05, 3.63) is 53.4 Å². The summed E-state index contributed by atoms with van der Waals surface area (Å²) in [6, 6.07) is 3.59. The summed E-state index contributed by atoms with van der Waals surface area (Å²) in [5.74, 6) is -3.01. The molecule has 6 nitrogen and oxygen atoms in total. The Morgan fingerprint density at radius 2 is 2.07 bits per heavy atom. The molecular weight excluding hydrogens is 356 g/mol. The van der Waals surface area contributed by atoms with E-state index >= 15 is 0 Å². The second-order valence-electron chi connectivity index (χ2n) is 5.88. The predicted molar refractivity (Wildman–Crippen MR) is 96.0 cm³/mol. The largest absolute Gasteiger partial charge is 0.495 e. The van der Waals surface area contributed by atoms with E-state index in [1.165, 1.54) is 19.5 Å². The highest BCUT2D eigenvalue weighted by Gasteiger charge is 2.25. The van der Waals surface area contributed by atoms with E-state index < -0.39 is 28.9 Å². The van der Waals surface area contributed by atoms with Crippen LogP contribution in [0.4, 0.5) is 14.5 Å². The van der Waals surface area contributed by atoms with Gasteiger partial charge in [-0.2, -0.15) is 0 Å². The smallest absolute Gasteiger partial charge is 0.224 e. The van der Waals surface area contributed by atoms with Crippen LogP contribution in [-0.4, -0.2) is 28.8 Å². The second-order valence-corrected chi connectivity index (χ2v) is 5.88. The number of hydrogen-bond acceptors (Lipinski definition) is 4. The Kier molecular flexibility index (Phi) is 5.16. The SMILES string of the molecule is CCCC(=O)Nc1ccc(F)c(C(=O)c2c[nH]c3ncc(OC)cc23)c1F. The number of aromatic amines is 1. The maximum Gasteiger partial charge on any atom is 0.224 e. The summed E-state index contributed by atoms with van der Waals surface area (Å²) in [7, 11) is 1.44. The number of methoxy groups -OCH3 is 1. The lowest BCUT2D eigenvalue weighted by atomic mass is 10.0. The van der Waals surface area contributed by atoms with Crippen LogP contribution < -0.4 is 10.1 Å². The van der Waals surface area contributed by atoms with E-state index in [1.807, 2.05) is 0 Å². The van der Waals surface area contributed by atoms with Gasteiger partial charge in [-0.3, -0.25) is 9.59 Å². The molecule has 8 heteroatoms. The number of carbonyl (C=O) groups excluding carboxylic acids is 2. The zero-order chi connectivity index (χ0) is 19.6. The normalized spacial score (nSPS) is 10.8. The number of benzene rings is 1. The molecule has 140 valence electrons. The fourth-order valence-corrected chi connectivity index (χ4v) is 2.72. The third-order valence-electron chi connectivity index (χ3n) is 4.06. The summed E-state index contributed by atoms with van der Waals surface area (Å²) in [6.07, 6.45) is 3.55. The van der Waals surface area contributed by atoms with Gasteiger partial charge in [-0.25, -0.2) is 13.8 Å². The molecule has 0 bridgehead atoms. The first-order valence-electron chi connectivity index (χ1n) is 8.30. The van der Waals surface area contributed by atoms with Crippen LogP contribution in [0.3, 0.4) is 0 Å². The molecule has 1 aromatic carbocycles. The number of amides is 1. The fraction of sp³-hybridized carbons (Fsp3) is 0.211. The zero-order valence-corrected chi connectivity index (χ0v) is 14.7. The molecule has 3 rings (SSSR count). The Bertz CT molecular complexity index is 1030. The number of ether oxygens (including phenoxy) is 1. The summed E-state index contributed by atoms with van der Waals surface area (Å²) in [5, 5.41) is 2.74. The first-order valence-corrected chi connectivity index (χ1v) is 8.30. The van der Waals surface area contributed by atoms with Gasteiger partial charge in [0, 0.05) is 23.6 Å². The molecule has 0 fully saturated rings. The van der Waals surface area contributed by atoms with Gasteiger partial charge in [-0.05, 0) is 24.6 Å². The van der Waals surface area contributed by atoms with E-state index in [0.29, 0.717) is 23.2 Å². The molecule has 2 heterocycles. The van der Waals surface area contributed by atoms with E-state index in [1.54, 1.807) is 13.0 Å². The van der Waals surface area contributed by atoms with Gasteiger partial charge in [-0.1, -0.05) is 6.92 Å². The van der Waals surface area contributed by atoms with E-state index in [2.05, 4.69) is 15.3 Å². The van der Waals surface area contributed by atoms with Crippen LogP contribution in [0.1, 0.15) is 35.7 Å². The molecule has 2 N–H and O–H groups in total. The molecule has 1 amide bonds.